The Balaban J connectivity index is 1.60. The van der Waals surface area contributed by atoms with Crippen molar-refractivity contribution in [2.45, 2.75) is 33.6 Å². The standard InChI is InChI=1S/C19H20N4O2/c1-11-4-5-14(8-12(11)2)17(24)6-7-18(25)21-15-9-16-13(3)22-23-19(16)20-10-15/h4-5,8-10H,6-7H2,1-3H3,(H,21,25)(H,20,22,23). The molecule has 0 aliphatic heterocycles. The van der Waals surface area contributed by atoms with Gasteiger partial charge in [-0.3, -0.25) is 14.7 Å². The van der Waals surface area contributed by atoms with Crippen LogP contribution in [-0.4, -0.2) is 26.9 Å². The monoisotopic (exact) mass is 336 g/mol. The minimum Gasteiger partial charge on any atom is -0.325 e. The second kappa shape index (κ2) is 6.84. The molecule has 0 aliphatic carbocycles. The minimum atomic E-state index is -0.209. The first-order valence-electron chi connectivity index (χ1n) is 8.15. The van der Waals surface area contributed by atoms with Crippen molar-refractivity contribution in [2.75, 3.05) is 5.32 Å². The largest absolute Gasteiger partial charge is 0.325 e. The molecule has 0 saturated carbocycles. The maximum absolute atomic E-state index is 12.2. The summed E-state index contributed by atoms with van der Waals surface area (Å²) in [5, 5.41) is 10.6. The van der Waals surface area contributed by atoms with Crippen LogP contribution in [0.2, 0.25) is 0 Å². The molecule has 0 fully saturated rings. The highest BCUT2D eigenvalue weighted by atomic mass is 16.2. The molecule has 3 rings (SSSR count). The third-order valence-electron chi connectivity index (χ3n) is 4.29. The first-order chi connectivity index (χ1) is 11.9. The maximum atomic E-state index is 12.2. The number of nitrogens with one attached hydrogen (secondary N) is 2. The van der Waals surface area contributed by atoms with Crippen LogP contribution in [0.3, 0.4) is 0 Å². The molecule has 2 aromatic heterocycles. The van der Waals surface area contributed by atoms with Crippen LogP contribution in [0.15, 0.2) is 30.5 Å². The number of Topliss-reactive ketones (excluding diaryl/α,β-unsaturated/α-hetero) is 1. The number of ketones is 1. The molecule has 6 nitrogen and oxygen atoms in total. The summed E-state index contributed by atoms with van der Waals surface area (Å²) in [6.45, 7) is 5.87. The number of hydrogen-bond acceptors (Lipinski definition) is 4. The zero-order valence-electron chi connectivity index (χ0n) is 14.5. The topological polar surface area (TPSA) is 87.7 Å². The van der Waals surface area contributed by atoms with Crippen LogP contribution < -0.4 is 5.32 Å². The Morgan fingerprint density at radius 3 is 2.64 bits per heavy atom. The fourth-order valence-corrected chi connectivity index (χ4v) is 2.60. The van der Waals surface area contributed by atoms with Crippen LogP contribution in [0.4, 0.5) is 5.69 Å². The van der Waals surface area contributed by atoms with Gasteiger partial charge in [0.05, 0.1) is 11.9 Å². The number of nitrogens with zero attached hydrogens (tertiary/aromatic N) is 2. The summed E-state index contributed by atoms with van der Waals surface area (Å²) in [4.78, 5) is 28.6. The van der Waals surface area contributed by atoms with Crippen molar-refractivity contribution < 1.29 is 9.59 Å². The van der Waals surface area contributed by atoms with Crippen molar-refractivity contribution in [1.29, 1.82) is 0 Å². The summed E-state index contributed by atoms with van der Waals surface area (Å²) >= 11 is 0. The summed E-state index contributed by atoms with van der Waals surface area (Å²) in [6, 6.07) is 7.43. The van der Waals surface area contributed by atoms with Crippen molar-refractivity contribution in [3.8, 4) is 0 Å². The average Bonchev–Trinajstić information content (AvgIpc) is 2.96. The van der Waals surface area contributed by atoms with E-state index in [9.17, 15) is 9.59 Å². The highest BCUT2D eigenvalue weighted by Gasteiger charge is 2.11. The van der Waals surface area contributed by atoms with Crippen LogP contribution in [0.5, 0.6) is 0 Å². The number of rotatable bonds is 5. The molecular weight excluding hydrogens is 316 g/mol. The second-order valence-electron chi connectivity index (χ2n) is 6.21. The number of amides is 1. The minimum absolute atomic E-state index is 0.0301. The lowest BCUT2D eigenvalue weighted by Crippen LogP contribution is -2.13. The molecule has 2 N–H and O–H groups in total. The molecule has 0 bridgehead atoms. The predicted octanol–water partition coefficient (Wildman–Crippen LogP) is 3.48. The zero-order valence-corrected chi connectivity index (χ0v) is 14.5. The van der Waals surface area contributed by atoms with Gasteiger partial charge in [0.25, 0.3) is 0 Å². The van der Waals surface area contributed by atoms with Gasteiger partial charge >= 0.3 is 0 Å². The predicted molar refractivity (Wildman–Crippen MR) is 96.7 cm³/mol. The van der Waals surface area contributed by atoms with E-state index in [1.807, 2.05) is 45.0 Å². The molecule has 25 heavy (non-hydrogen) atoms. The molecule has 0 spiro atoms. The fraction of sp³-hybridized carbons (Fsp3) is 0.263. The number of fused-ring (bicyclic) bond motifs is 1. The molecule has 3 aromatic rings. The summed E-state index contributed by atoms with van der Waals surface area (Å²) in [5.41, 5.74) is 4.97. The Morgan fingerprint density at radius 1 is 1.08 bits per heavy atom. The van der Waals surface area contributed by atoms with E-state index in [-0.39, 0.29) is 24.5 Å². The van der Waals surface area contributed by atoms with Crippen molar-refractivity contribution in [3.63, 3.8) is 0 Å². The average molecular weight is 336 g/mol. The molecule has 0 aliphatic rings. The lowest BCUT2D eigenvalue weighted by atomic mass is 10.0. The first-order valence-corrected chi connectivity index (χ1v) is 8.15. The number of carbonyl (C=O) groups is 2. The Morgan fingerprint density at radius 2 is 1.88 bits per heavy atom. The van der Waals surface area contributed by atoms with E-state index >= 15 is 0 Å². The van der Waals surface area contributed by atoms with E-state index in [4.69, 9.17) is 0 Å². The number of benzene rings is 1. The van der Waals surface area contributed by atoms with E-state index in [0.717, 1.165) is 22.2 Å². The molecule has 0 unspecified atom stereocenters. The quantitative estimate of drug-likeness (QED) is 0.698. The molecule has 6 heteroatoms. The summed E-state index contributed by atoms with van der Waals surface area (Å²) in [5.74, 6) is -0.239. The molecular formula is C19H20N4O2. The molecule has 2 heterocycles. The Hall–Kier alpha value is -3.02. The van der Waals surface area contributed by atoms with E-state index in [0.29, 0.717) is 16.9 Å². The molecule has 0 saturated heterocycles. The third-order valence-corrected chi connectivity index (χ3v) is 4.29. The van der Waals surface area contributed by atoms with Gasteiger partial charge in [0.15, 0.2) is 11.4 Å². The summed E-state index contributed by atoms with van der Waals surface area (Å²) in [7, 11) is 0. The van der Waals surface area contributed by atoms with E-state index in [2.05, 4.69) is 20.5 Å². The molecule has 0 atom stereocenters. The van der Waals surface area contributed by atoms with Crippen molar-refractivity contribution in [2.24, 2.45) is 0 Å². The van der Waals surface area contributed by atoms with Crippen molar-refractivity contribution in [3.05, 3.63) is 52.8 Å². The van der Waals surface area contributed by atoms with Gasteiger partial charge < -0.3 is 5.32 Å². The van der Waals surface area contributed by atoms with Gasteiger partial charge in [-0.25, -0.2) is 4.98 Å². The molecule has 0 radical (unpaired) electrons. The van der Waals surface area contributed by atoms with Crippen LogP contribution in [0, 0.1) is 20.8 Å². The van der Waals surface area contributed by atoms with Crippen LogP contribution in [0.1, 0.15) is 40.0 Å². The normalized spacial score (nSPS) is 10.8. The van der Waals surface area contributed by atoms with Gasteiger partial charge in [-0.1, -0.05) is 12.1 Å². The van der Waals surface area contributed by atoms with Gasteiger partial charge in [-0.2, -0.15) is 5.10 Å². The lowest BCUT2D eigenvalue weighted by Gasteiger charge is -2.06. The number of hydrogen-bond donors (Lipinski definition) is 2. The van der Waals surface area contributed by atoms with Gasteiger partial charge in [-0.15, -0.1) is 0 Å². The number of pyridine rings is 1. The number of carbonyl (C=O) groups excluding carboxylic acids is 2. The maximum Gasteiger partial charge on any atom is 0.224 e. The number of aromatic nitrogens is 3. The summed E-state index contributed by atoms with van der Waals surface area (Å²) in [6.07, 6.45) is 1.87. The van der Waals surface area contributed by atoms with E-state index < -0.39 is 0 Å². The fourth-order valence-electron chi connectivity index (χ4n) is 2.60. The van der Waals surface area contributed by atoms with Gasteiger partial charge in [0.1, 0.15) is 0 Å². The Kier molecular flexibility index (Phi) is 4.61. The SMILES string of the molecule is Cc1ccc(C(=O)CCC(=O)Nc2cnc3n[nH]c(C)c3c2)cc1C. The smallest absolute Gasteiger partial charge is 0.224 e. The van der Waals surface area contributed by atoms with Crippen LogP contribution in [0.25, 0.3) is 11.0 Å². The zero-order chi connectivity index (χ0) is 18.0. The van der Waals surface area contributed by atoms with Crippen molar-refractivity contribution in [1.82, 2.24) is 15.2 Å². The van der Waals surface area contributed by atoms with E-state index in [1.165, 1.54) is 0 Å². The molecule has 1 aromatic carbocycles. The molecule has 128 valence electrons. The van der Waals surface area contributed by atoms with Crippen molar-refractivity contribution >= 4 is 28.4 Å². The Labute approximate surface area is 145 Å². The van der Waals surface area contributed by atoms with Gasteiger partial charge in [-0.05, 0) is 44.0 Å². The third kappa shape index (κ3) is 3.74. The molecule has 1 amide bonds. The van der Waals surface area contributed by atoms with Crippen LogP contribution in [-0.2, 0) is 4.79 Å². The van der Waals surface area contributed by atoms with Gasteiger partial charge in [0, 0.05) is 29.5 Å². The number of aromatic amines is 1. The highest BCUT2D eigenvalue weighted by Crippen LogP contribution is 2.18. The summed E-state index contributed by atoms with van der Waals surface area (Å²) < 4.78 is 0. The first kappa shape index (κ1) is 16.8. The van der Waals surface area contributed by atoms with Gasteiger partial charge in [0.2, 0.25) is 5.91 Å². The number of H-pyrrole nitrogens is 1. The highest BCUT2D eigenvalue weighted by molar-refractivity contribution is 6.00. The second-order valence-corrected chi connectivity index (χ2v) is 6.21. The van der Waals surface area contributed by atoms with Crippen LogP contribution >= 0.6 is 0 Å². The van der Waals surface area contributed by atoms with E-state index in [1.54, 1.807) is 6.20 Å². The lowest BCUT2D eigenvalue weighted by molar-refractivity contribution is -0.116. The Bertz CT molecular complexity index is 959. The number of aryl methyl sites for hydroxylation is 3. The number of anilines is 1.